The maximum atomic E-state index is 11.7. The number of halogens is 1. The van der Waals surface area contributed by atoms with E-state index in [-0.39, 0.29) is 0 Å². The summed E-state index contributed by atoms with van der Waals surface area (Å²) in [7, 11) is 0. The van der Waals surface area contributed by atoms with Crippen molar-refractivity contribution in [3.63, 3.8) is 0 Å². The Labute approximate surface area is 94.0 Å². The number of hydrogen-bond donors (Lipinski definition) is 1. The molecule has 2 rings (SSSR count). The summed E-state index contributed by atoms with van der Waals surface area (Å²) in [6.07, 6.45) is 3.92. The van der Waals surface area contributed by atoms with E-state index in [1.807, 2.05) is 0 Å². The predicted molar refractivity (Wildman–Crippen MR) is 60.3 cm³/mol. The van der Waals surface area contributed by atoms with Crippen molar-refractivity contribution in [3.05, 3.63) is 0 Å². The molecule has 0 aromatic rings. The van der Waals surface area contributed by atoms with Gasteiger partial charge in [-0.15, -0.1) is 0 Å². The van der Waals surface area contributed by atoms with Crippen LogP contribution in [-0.2, 0) is 4.79 Å². The van der Waals surface area contributed by atoms with Crippen LogP contribution >= 0.6 is 15.9 Å². The number of hydrogen-bond acceptors (Lipinski definition) is 1. The number of fused-ring (bicyclic) bond motifs is 1. The highest BCUT2D eigenvalue weighted by atomic mass is 79.9. The first kappa shape index (κ1) is 10.5. The highest BCUT2D eigenvalue weighted by Gasteiger charge is 2.56. The fourth-order valence-electron chi connectivity index (χ4n) is 2.66. The monoisotopic (exact) mass is 259 g/mol. The van der Waals surface area contributed by atoms with E-state index >= 15 is 0 Å². The molecule has 2 aliphatic rings. The fourth-order valence-corrected chi connectivity index (χ4v) is 2.89. The normalized spacial score (nSPS) is 36.3. The maximum Gasteiger partial charge on any atom is 0.223 e. The van der Waals surface area contributed by atoms with Gasteiger partial charge in [-0.05, 0) is 30.6 Å². The van der Waals surface area contributed by atoms with Crippen molar-refractivity contribution in [2.45, 2.75) is 26.2 Å². The van der Waals surface area contributed by atoms with E-state index < -0.39 is 0 Å². The van der Waals surface area contributed by atoms with Crippen LogP contribution in [0.25, 0.3) is 0 Å². The van der Waals surface area contributed by atoms with Gasteiger partial charge < -0.3 is 5.32 Å². The van der Waals surface area contributed by atoms with Crippen LogP contribution in [0.4, 0.5) is 0 Å². The second kappa shape index (κ2) is 4.21. The van der Waals surface area contributed by atoms with Gasteiger partial charge in [-0.3, -0.25) is 4.79 Å². The smallest absolute Gasteiger partial charge is 0.223 e. The molecule has 0 heterocycles. The molecule has 0 aliphatic heterocycles. The summed E-state index contributed by atoms with van der Waals surface area (Å²) in [5.41, 5.74) is 0. The lowest BCUT2D eigenvalue weighted by molar-refractivity contribution is -0.123. The lowest BCUT2D eigenvalue weighted by Crippen LogP contribution is -2.31. The van der Waals surface area contributed by atoms with Crippen LogP contribution in [0.15, 0.2) is 0 Å². The van der Waals surface area contributed by atoms with E-state index in [4.69, 9.17) is 0 Å². The fraction of sp³-hybridized carbons (Fsp3) is 0.909. The summed E-state index contributed by atoms with van der Waals surface area (Å²) in [5, 5.41) is 4.02. The Kier molecular flexibility index (Phi) is 3.15. The van der Waals surface area contributed by atoms with E-state index in [1.54, 1.807) is 0 Å². The molecular formula is C11H18BrNO. The third-order valence-electron chi connectivity index (χ3n) is 3.60. The number of nitrogens with one attached hydrogen (secondary N) is 1. The highest BCUT2D eigenvalue weighted by Crippen LogP contribution is 2.57. The van der Waals surface area contributed by atoms with E-state index in [1.165, 1.54) is 19.3 Å². The Balaban J connectivity index is 1.70. The molecule has 80 valence electrons. The van der Waals surface area contributed by atoms with Gasteiger partial charge in [0.05, 0.1) is 0 Å². The Hall–Kier alpha value is -0.0500. The topological polar surface area (TPSA) is 29.1 Å². The molecule has 14 heavy (non-hydrogen) atoms. The highest BCUT2D eigenvalue weighted by molar-refractivity contribution is 9.09. The minimum atomic E-state index is 0.312. The number of carbonyl (C=O) groups excluding carboxylic acids is 1. The standard InChI is InChI=1S/C11H18BrNO/c1-7(5-12)6-13-11(14)10-8-3-2-4-9(8)10/h7-10H,2-6H2,1H3,(H,13,14). The minimum Gasteiger partial charge on any atom is -0.356 e. The molecule has 2 fully saturated rings. The second-order valence-corrected chi connectivity index (χ2v) is 5.44. The van der Waals surface area contributed by atoms with Crippen molar-refractivity contribution >= 4 is 21.8 Å². The van der Waals surface area contributed by atoms with Gasteiger partial charge in [-0.25, -0.2) is 0 Å². The van der Waals surface area contributed by atoms with E-state index in [0.717, 1.165) is 23.7 Å². The van der Waals surface area contributed by atoms with Crippen molar-refractivity contribution in [3.8, 4) is 0 Å². The average molecular weight is 260 g/mol. The summed E-state index contributed by atoms with van der Waals surface area (Å²) in [6, 6.07) is 0. The zero-order valence-corrected chi connectivity index (χ0v) is 10.2. The van der Waals surface area contributed by atoms with Crippen LogP contribution in [0.1, 0.15) is 26.2 Å². The average Bonchev–Trinajstić information content (AvgIpc) is 2.68. The zero-order valence-electron chi connectivity index (χ0n) is 8.63. The van der Waals surface area contributed by atoms with Crippen LogP contribution < -0.4 is 5.32 Å². The summed E-state index contributed by atoms with van der Waals surface area (Å²) < 4.78 is 0. The Morgan fingerprint density at radius 2 is 2.14 bits per heavy atom. The van der Waals surface area contributed by atoms with Crippen LogP contribution in [0, 0.1) is 23.7 Å². The zero-order chi connectivity index (χ0) is 10.1. The first-order valence-electron chi connectivity index (χ1n) is 5.57. The van der Waals surface area contributed by atoms with Gasteiger partial charge in [0.2, 0.25) is 5.91 Å². The Bertz CT molecular complexity index is 221. The number of carbonyl (C=O) groups is 1. The van der Waals surface area contributed by atoms with Crippen LogP contribution in [0.3, 0.4) is 0 Å². The summed E-state index contributed by atoms with van der Waals surface area (Å²) >= 11 is 3.41. The molecule has 1 N–H and O–H groups in total. The van der Waals surface area contributed by atoms with E-state index in [9.17, 15) is 4.79 Å². The molecule has 0 radical (unpaired) electrons. The predicted octanol–water partition coefficient (Wildman–Crippen LogP) is 2.18. The van der Waals surface area contributed by atoms with Crippen molar-refractivity contribution in [2.75, 3.05) is 11.9 Å². The van der Waals surface area contributed by atoms with Gasteiger partial charge in [0.1, 0.15) is 0 Å². The van der Waals surface area contributed by atoms with Gasteiger partial charge in [0.15, 0.2) is 0 Å². The lowest BCUT2D eigenvalue weighted by Gasteiger charge is -2.10. The molecule has 0 bridgehead atoms. The second-order valence-electron chi connectivity index (χ2n) is 4.79. The van der Waals surface area contributed by atoms with Crippen LogP contribution in [0.5, 0.6) is 0 Å². The quantitative estimate of drug-likeness (QED) is 0.771. The first-order valence-corrected chi connectivity index (χ1v) is 6.70. The summed E-state index contributed by atoms with van der Waals surface area (Å²) in [4.78, 5) is 11.7. The number of amides is 1. The van der Waals surface area contributed by atoms with Gasteiger partial charge >= 0.3 is 0 Å². The largest absolute Gasteiger partial charge is 0.356 e. The van der Waals surface area contributed by atoms with E-state index in [0.29, 0.717) is 17.7 Å². The van der Waals surface area contributed by atoms with Gasteiger partial charge in [0, 0.05) is 17.8 Å². The summed E-state index contributed by atoms with van der Waals surface area (Å²) in [5.74, 6) is 2.72. The molecule has 1 amide bonds. The first-order chi connectivity index (χ1) is 6.74. The molecule has 0 aromatic carbocycles. The summed E-state index contributed by atoms with van der Waals surface area (Å²) in [6.45, 7) is 2.96. The van der Waals surface area contributed by atoms with E-state index in [2.05, 4.69) is 28.2 Å². The van der Waals surface area contributed by atoms with Crippen molar-refractivity contribution < 1.29 is 4.79 Å². The maximum absolute atomic E-state index is 11.7. The Morgan fingerprint density at radius 1 is 1.50 bits per heavy atom. The lowest BCUT2D eigenvalue weighted by atomic mass is 10.1. The molecule has 2 saturated carbocycles. The molecule has 2 aliphatic carbocycles. The molecule has 0 spiro atoms. The molecule has 0 aromatic heterocycles. The van der Waals surface area contributed by atoms with Gasteiger partial charge in [-0.1, -0.05) is 29.3 Å². The third kappa shape index (κ3) is 1.97. The van der Waals surface area contributed by atoms with Crippen molar-refractivity contribution in [1.29, 1.82) is 0 Å². The van der Waals surface area contributed by atoms with Gasteiger partial charge in [0.25, 0.3) is 0 Å². The molecule has 0 saturated heterocycles. The number of alkyl halides is 1. The van der Waals surface area contributed by atoms with Crippen molar-refractivity contribution in [2.24, 2.45) is 23.7 Å². The molecule has 3 heteroatoms. The Morgan fingerprint density at radius 3 is 2.71 bits per heavy atom. The van der Waals surface area contributed by atoms with Crippen molar-refractivity contribution in [1.82, 2.24) is 5.32 Å². The van der Waals surface area contributed by atoms with Gasteiger partial charge in [-0.2, -0.15) is 0 Å². The van der Waals surface area contributed by atoms with Crippen LogP contribution in [-0.4, -0.2) is 17.8 Å². The number of rotatable bonds is 4. The minimum absolute atomic E-state index is 0.312. The molecule has 3 atom stereocenters. The molecular weight excluding hydrogens is 242 g/mol. The van der Waals surface area contributed by atoms with Crippen LogP contribution in [0.2, 0.25) is 0 Å². The third-order valence-corrected chi connectivity index (χ3v) is 4.70. The molecule has 3 unspecified atom stereocenters. The SMILES string of the molecule is CC(CBr)CNC(=O)C1C2CCCC21. The molecule has 2 nitrogen and oxygen atoms in total.